The summed E-state index contributed by atoms with van der Waals surface area (Å²) in [6.45, 7) is 7.10. The Morgan fingerprint density at radius 2 is 2.16 bits per heavy atom. The van der Waals surface area contributed by atoms with Gasteiger partial charge in [0.1, 0.15) is 11.4 Å². The predicted octanol–water partition coefficient (Wildman–Crippen LogP) is 3.95. The first-order valence-electron chi connectivity index (χ1n) is 6.62. The molecule has 0 aliphatic carbocycles. The summed E-state index contributed by atoms with van der Waals surface area (Å²) in [5.41, 5.74) is 0.250. The Balaban J connectivity index is 3.04. The molecule has 106 valence electrons. The van der Waals surface area contributed by atoms with E-state index in [1.165, 1.54) is 0 Å². The van der Waals surface area contributed by atoms with Crippen LogP contribution in [0.1, 0.15) is 50.4 Å². The van der Waals surface area contributed by atoms with Crippen LogP contribution in [0.4, 0.5) is 5.82 Å². The van der Waals surface area contributed by atoms with Crippen LogP contribution in [0.25, 0.3) is 0 Å². The maximum atomic E-state index is 11.3. The number of rotatable bonds is 7. The lowest BCUT2D eigenvalue weighted by atomic mass is 10.2. The van der Waals surface area contributed by atoms with Gasteiger partial charge in [-0.15, -0.1) is 0 Å². The first kappa shape index (κ1) is 16.0. The fraction of sp³-hybridized carbons (Fsp3) is 0.571. The third-order valence-electron chi connectivity index (χ3n) is 2.96. The van der Waals surface area contributed by atoms with Crippen LogP contribution in [0.3, 0.4) is 0 Å². The van der Waals surface area contributed by atoms with Gasteiger partial charge in [-0.05, 0) is 42.3 Å². The highest BCUT2D eigenvalue weighted by molar-refractivity contribution is 9.10. The Morgan fingerprint density at radius 1 is 1.47 bits per heavy atom. The van der Waals surface area contributed by atoms with E-state index in [4.69, 9.17) is 0 Å². The van der Waals surface area contributed by atoms with Gasteiger partial charge in [-0.1, -0.05) is 19.8 Å². The van der Waals surface area contributed by atoms with Crippen molar-refractivity contribution >= 4 is 27.7 Å². The highest BCUT2D eigenvalue weighted by Crippen LogP contribution is 2.24. The summed E-state index contributed by atoms with van der Waals surface area (Å²) in [6.07, 6.45) is 4.98. The van der Waals surface area contributed by atoms with Crippen LogP contribution in [-0.4, -0.2) is 28.6 Å². The Morgan fingerprint density at radius 3 is 2.68 bits per heavy atom. The number of unbranched alkanes of at least 4 members (excludes halogenated alkanes) is 2. The number of carboxylic acids is 1. The van der Waals surface area contributed by atoms with Gasteiger partial charge in [0.25, 0.3) is 0 Å². The molecule has 1 aromatic rings. The SMILES string of the molecule is CCCCCN(c1ncc(Br)cc1C(=O)O)C(C)C. The van der Waals surface area contributed by atoms with Crippen molar-refractivity contribution in [2.24, 2.45) is 0 Å². The van der Waals surface area contributed by atoms with Crippen molar-refractivity contribution in [2.75, 3.05) is 11.4 Å². The molecule has 0 unspecified atom stereocenters. The van der Waals surface area contributed by atoms with Crippen LogP contribution in [-0.2, 0) is 0 Å². The molecule has 5 heteroatoms. The largest absolute Gasteiger partial charge is 0.478 e. The highest BCUT2D eigenvalue weighted by Gasteiger charge is 2.20. The van der Waals surface area contributed by atoms with Crippen LogP contribution >= 0.6 is 15.9 Å². The fourth-order valence-corrected chi connectivity index (χ4v) is 2.29. The molecular formula is C14H21BrN2O2. The van der Waals surface area contributed by atoms with Gasteiger partial charge in [-0.25, -0.2) is 9.78 Å². The fourth-order valence-electron chi connectivity index (χ4n) is 1.96. The molecule has 0 bridgehead atoms. The number of pyridine rings is 1. The molecule has 0 radical (unpaired) electrons. The first-order valence-corrected chi connectivity index (χ1v) is 7.42. The lowest BCUT2D eigenvalue weighted by molar-refractivity contribution is 0.0697. The standard InChI is InChI=1S/C14H21BrN2O2/c1-4-5-6-7-17(10(2)3)13-12(14(18)19)8-11(15)9-16-13/h8-10H,4-7H2,1-3H3,(H,18,19). The lowest BCUT2D eigenvalue weighted by Crippen LogP contribution is -2.34. The molecule has 1 rings (SSSR count). The molecule has 0 aliphatic heterocycles. The Bertz CT molecular complexity index is 435. The topological polar surface area (TPSA) is 53.4 Å². The van der Waals surface area contributed by atoms with E-state index in [0.717, 1.165) is 25.8 Å². The van der Waals surface area contributed by atoms with Crippen molar-refractivity contribution in [1.82, 2.24) is 4.98 Å². The summed E-state index contributed by atoms with van der Waals surface area (Å²) in [5, 5.41) is 9.30. The molecule has 0 fully saturated rings. The van der Waals surface area contributed by atoms with E-state index in [9.17, 15) is 9.90 Å². The van der Waals surface area contributed by atoms with Gasteiger partial charge < -0.3 is 10.0 Å². The summed E-state index contributed by atoms with van der Waals surface area (Å²) in [5.74, 6) is -0.383. The number of carboxylic acid groups (broad SMARTS) is 1. The average Bonchev–Trinajstić information content (AvgIpc) is 2.35. The van der Waals surface area contributed by atoms with Crippen molar-refractivity contribution in [3.63, 3.8) is 0 Å². The number of halogens is 1. The molecular weight excluding hydrogens is 308 g/mol. The first-order chi connectivity index (χ1) is 8.97. The third-order valence-corrected chi connectivity index (χ3v) is 3.40. The monoisotopic (exact) mass is 328 g/mol. The molecule has 0 spiro atoms. The molecule has 1 aromatic heterocycles. The average molecular weight is 329 g/mol. The van der Waals surface area contributed by atoms with E-state index in [-0.39, 0.29) is 11.6 Å². The molecule has 1 N–H and O–H groups in total. The van der Waals surface area contributed by atoms with E-state index < -0.39 is 5.97 Å². The second-order valence-electron chi connectivity index (χ2n) is 4.82. The van der Waals surface area contributed by atoms with Gasteiger partial charge in [0, 0.05) is 23.3 Å². The zero-order valence-corrected chi connectivity index (χ0v) is 13.3. The Hall–Kier alpha value is -1.10. The van der Waals surface area contributed by atoms with E-state index in [0.29, 0.717) is 10.3 Å². The molecule has 19 heavy (non-hydrogen) atoms. The highest BCUT2D eigenvalue weighted by atomic mass is 79.9. The van der Waals surface area contributed by atoms with E-state index in [2.05, 4.69) is 46.6 Å². The number of anilines is 1. The zero-order chi connectivity index (χ0) is 14.4. The Kier molecular flexibility index (Phi) is 6.28. The van der Waals surface area contributed by atoms with Crippen molar-refractivity contribution in [1.29, 1.82) is 0 Å². The van der Waals surface area contributed by atoms with Gasteiger partial charge >= 0.3 is 5.97 Å². The lowest BCUT2D eigenvalue weighted by Gasteiger charge is -2.29. The minimum Gasteiger partial charge on any atom is -0.478 e. The van der Waals surface area contributed by atoms with Crippen LogP contribution in [0, 0.1) is 0 Å². The van der Waals surface area contributed by atoms with Gasteiger partial charge in [-0.2, -0.15) is 0 Å². The van der Waals surface area contributed by atoms with Crippen LogP contribution < -0.4 is 4.90 Å². The van der Waals surface area contributed by atoms with Crippen molar-refractivity contribution in [3.05, 3.63) is 22.3 Å². The van der Waals surface area contributed by atoms with Crippen LogP contribution in [0.15, 0.2) is 16.7 Å². The van der Waals surface area contributed by atoms with Crippen molar-refractivity contribution in [3.8, 4) is 0 Å². The quantitative estimate of drug-likeness (QED) is 0.770. The van der Waals surface area contributed by atoms with Crippen molar-refractivity contribution < 1.29 is 9.90 Å². The number of hydrogen-bond donors (Lipinski definition) is 1. The number of nitrogens with zero attached hydrogens (tertiary/aromatic N) is 2. The van der Waals surface area contributed by atoms with E-state index in [1.807, 2.05) is 0 Å². The van der Waals surface area contributed by atoms with Gasteiger partial charge in [-0.3, -0.25) is 0 Å². The van der Waals surface area contributed by atoms with E-state index in [1.54, 1.807) is 12.3 Å². The van der Waals surface area contributed by atoms with Gasteiger partial charge in [0.05, 0.1) is 0 Å². The summed E-state index contributed by atoms with van der Waals surface area (Å²) in [4.78, 5) is 17.7. The molecule has 0 amide bonds. The smallest absolute Gasteiger partial charge is 0.339 e. The van der Waals surface area contributed by atoms with Gasteiger partial charge in [0.15, 0.2) is 0 Å². The Labute approximate surface area is 123 Å². The zero-order valence-electron chi connectivity index (χ0n) is 11.7. The minimum atomic E-state index is -0.940. The van der Waals surface area contributed by atoms with Crippen LogP contribution in [0.2, 0.25) is 0 Å². The second kappa shape index (κ2) is 7.48. The van der Waals surface area contributed by atoms with Crippen LogP contribution in [0.5, 0.6) is 0 Å². The summed E-state index contributed by atoms with van der Waals surface area (Å²) < 4.78 is 0.686. The minimum absolute atomic E-state index is 0.226. The summed E-state index contributed by atoms with van der Waals surface area (Å²) in [7, 11) is 0. The number of aromatic carboxylic acids is 1. The summed E-state index contributed by atoms with van der Waals surface area (Å²) in [6, 6.07) is 1.84. The number of hydrogen-bond acceptors (Lipinski definition) is 3. The molecule has 0 aliphatic rings. The maximum Gasteiger partial charge on any atom is 0.339 e. The molecule has 0 saturated carbocycles. The normalized spacial score (nSPS) is 10.8. The van der Waals surface area contributed by atoms with E-state index >= 15 is 0 Å². The molecule has 0 atom stereocenters. The molecule has 0 aromatic carbocycles. The third kappa shape index (κ3) is 4.49. The number of aromatic nitrogens is 1. The maximum absolute atomic E-state index is 11.3. The molecule has 0 saturated heterocycles. The second-order valence-corrected chi connectivity index (χ2v) is 5.74. The van der Waals surface area contributed by atoms with Crippen molar-refractivity contribution in [2.45, 2.75) is 46.1 Å². The summed E-state index contributed by atoms with van der Waals surface area (Å²) >= 11 is 3.27. The predicted molar refractivity (Wildman–Crippen MR) is 80.9 cm³/mol. The number of carbonyl (C=O) groups is 1. The molecule has 1 heterocycles. The van der Waals surface area contributed by atoms with Gasteiger partial charge in [0.2, 0.25) is 0 Å². The molecule has 4 nitrogen and oxygen atoms in total.